The fraction of sp³-hybridized carbons (Fsp3) is 0.125. The molecule has 0 aliphatic carbocycles. The minimum Gasteiger partial charge on any atom is -0.485 e. The van der Waals surface area contributed by atoms with Crippen LogP contribution in [0, 0.1) is 0 Å². The van der Waals surface area contributed by atoms with Gasteiger partial charge in [0.15, 0.2) is 23.0 Å². The molecule has 0 saturated heterocycles. The van der Waals surface area contributed by atoms with Crippen molar-refractivity contribution in [3.63, 3.8) is 0 Å². The molecule has 2 aliphatic heterocycles. The molecule has 0 unspecified atom stereocenters. The minimum atomic E-state index is -0.837. The van der Waals surface area contributed by atoms with Gasteiger partial charge >= 0.3 is 5.97 Å². The number of hydrazone groups is 1. The second kappa shape index (κ2) is 8.91. The first-order chi connectivity index (χ1) is 16.2. The van der Waals surface area contributed by atoms with Gasteiger partial charge in [-0.15, -0.1) is 0 Å². The van der Waals surface area contributed by atoms with Crippen molar-refractivity contribution in [1.29, 1.82) is 0 Å². The van der Waals surface area contributed by atoms with Crippen LogP contribution in [-0.4, -0.2) is 37.6 Å². The summed E-state index contributed by atoms with van der Waals surface area (Å²) in [6, 6.07) is 18.7. The Morgan fingerprint density at radius 2 is 1.67 bits per heavy atom. The van der Waals surface area contributed by atoms with Crippen molar-refractivity contribution in [2.24, 2.45) is 5.10 Å². The molecule has 3 aromatic rings. The molecule has 2 aliphatic rings. The third kappa shape index (κ3) is 4.42. The predicted octanol–water partition coefficient (Wildman–Crippen LogP) is 2.92. The van der Waals surface area contributed by atoms with Crippen molar-refractivity contribution < 1.29 is 33.3 Å². The van der Waals surface area contributed by atoms with Gasteiger partial charge in [-0.1, -0.05) is 24.3 Å². The summed E-state index contributed by atoms with van der Waals surface area (Å²) in [5, 5.41) is 3.97. The number of hydrogen-bond acceptors (Lipinski definition) is 8. The lowest BCUT2D eigenvalue weighted by atomic mass is 10.2. The fourth-order valence-electron chi connectivity index (χ4n) is 3.25. The third-order valence-corrected chi connectivity index (χ3v) is 4.91. The van der Waals surface area contributed by atoms with Crippen molar-refractivity contribution in [2.45, 2.75) is 6.10 Å². The summed E-state index contributed by atoms with van der Waals surface area (Å²) in [5.41, 5.74) is 3.24. The molecule has 5 rings (SSSR count). The Morgan fingerprint density at radius 3 is 2.58 bits per heavy atom. The van der Waals surface area contributed by atoms with Gasteiger partial charge in [0.1, 0.15) is 12.4 Å². The fourth-order valence-corrected chi connectivity index (χ4v) is 3.25. The highest BCUT2D eigenvalue weighted by Crippen LogP contribution is 2.33. The highest BCUT2D eigenvalue weighted by atomic mass is 16.7. The highest BCUT2D eigenvalue weighted by molar-refractivity contribution is 5.94. The van der Waals surface area contributed by atoms with Gasteiger partial charge in [-0.05, 0) is 42.5 Å². The van der Waals surface area contributed by atoms with Crippen LogP contribution in [0.4, 0.5) is 0 Å². The number of carbonyl (C=O) groups is 2. The van der Waals surface area contributed by atoms with Crippen LogP contribution in [0.1, 0.15) is 15.9 Å². The smallest absolute Gasteiger partial charge is 0.343 e. The maximum Gasteiger partial charge on any atom is 0.343 e. The number of nitrogens with zero attached hydrogens (tertiary/aromatic N) is 1. The van der Waals surface area contributed by atoms with Crippen molar-refractivity contribution >= 4 is 18.1 Å². The van der Waals surface area contributed by atoms with Crippen LogP contribution in [0.2, 0.25) is 0 Å². The lowest BCUT2D eigenvalue weighted by Crippen LogP contribution is -2.42. The van der Waals surface area contributed by atoms with E-state index in [1.54, 1.807) is 60.7 Å². The molecule has 9 nitrogen and oxygen atoms in total. The van der Waals surface area contributed by atoms with Gasteiger partial charge in [-0.3, -0.25) is 4.79 Å². The number of rotatable bonds is 5. The molecular weight excluding hydrogens is 428 g/mol. The summed E-state index contributed by atoms with van der Waals surface area (Å²) in [4.78, 5) is 25.0. The molecule has 0 bridgehead atoms. The van der Waals surface area contributed by atoms with Gasteiger partial charge in [0.2, 0.25) is 12.9 Å². The second-order valence-electron chi connectivity index (χ2n) is 7.09. The van der Waals surface area contributed by atoms with E-state index in [1.807, 2.05) is 6.07 Å². The molecule has 0 fully saturated rings. The number of fused-ring (bicyclic) bond motifs is 2. The van der Waals surface area contributed by atoms with E-state index in [0.29, 0.717) is 34.1 Å². The lowest BCUT2D eigenvalue weighted by molar-refractivity contribution is -0.130. The number of nitrogens with one attached hydrogen (secondary N) is 1. The van der Waals surface area contributed by atoms with E-state index in [9.17, 15) is 9.59 Å². The number of hydrogen-bond donors (Lipinski definition) is 1. The van der Waals surface area contributed by atoms with Crippen LogP contribution in [0.25, 0.3) is 0 Å². The van der Waals surface area contributed by atoms with Crippen molar-refractivity contribution in [1.82, 2.24) is 5.43 Å². The third-order valence-electron chi connectivity index (χ3n) is 4.91. The van der Waals surface area contributed by atoms with Crippen LogP contribution in [0.5, 0.6) is 28.7 Å². The molecule has 1 amide bonds. The molecule has 0 saturated carbocycles. The minimum absolute atomic E-state index is 0.0715. The van der Waals surface area contributed by atoms with Gasteiger partial charge < -0.3 is 23.7 Å². The summed E-state index contributed by atoms with van der Waals surface area (Å²) in [5.74, 6) is 1.39. The molecule has 1 N–H and O–H groups in total. The first-order valence-electron chi connectivity index (χ1n) is 10.1. The zero-order valence-electron chi connectivity index (χ0n) is 17.2. The van der Waals surface area contributed by atoms with E-state index in [0.717, 1.165) is 0 Å². The number of ether oxygens (including phenoxy) is 5. The normalized spacial score (nSPS) is 15.8. The Kier molecular flexibility index (Phi) is 5.50. The second-order valence-corrected chi connectivity index (χ2v) is 7.09. The van der Waals surface area contributed by atoms with E-state index in [2.05, 4.69) is 10.5 Å². The Bertz CT molecular complexity index is 1240. The van der Waals surface area contributed by atoms with Crippen LogP contribution >= 0.6 is 0 Å². The van der Waals surface area contributed by atoms with Crippen LogP contribution in [0.15, 0.2) is 71.8 Å². The first-order valence-corrected chi connectivity index (χ1v) is 10.1. The molecule has 3 aromatic carbocycles. The summed E-state index contributed by atoms with van der Waals surface area (Å²) in [6.45, 7) is 0.186. The van der Waals surface area contributed by atoms with Crippen molar-refractivity contribution in [3.8, 4) is 28.7 Å². The molecule has 1 atom stereocenters. The molecule has 0 spiro atoms. The maximum absolute atomic E-state index is 12.6. The Hall–Kier alpha value is -4.53. The molecule has 166 valence electrons. The number of para-hydroxylation sites is 3. The summed E-state index contributed by atoms with van der Waals surface area (Å²) in [7, 11) is 0. The first kappa shape index (κ1) is 20.4. The largest absolute Gasteiger partial charge is 0.485 e. The molecule has 0 aromatic heterocycles. The summed E-state index contributed by atoms with van der Waals surface area (Å²) in [6.07, 6.45) is 0.550. The van der Waals surface area contributed by atoms with Crippen molar-refractivity contribution in [3.05, 3.63) is 77.9 Å². The Morgan fingerprint density at radius 1 is 0.909 bits per heavy atom. The van der Waals surface area contributed by atoms with Gasteiger partial charge in [0.25, 0.3) is 5.91 Å². The average Bonchev–Trinajstić information content (AvgIpc) is 3.32. The molecular formula is C24H18N2O7. The van der Waals surface area contributed by atoms with Crippen LogP contribution < -0.4 is 29.1 Å². The predicted molar refractivity (Wildman–Crippen MR) is 116 cm³/mol. The number of carbonyl (C=O) groups excluding carboxylic acids is 2. The van der Waals surface area contributed by atoms with Crippen molar-refractivity contribution in [2.75, 3.05) is 13.4 Å². The van der Waals surface area contributed by atoms with Gasteiger partial charge in [0, 0.05) is 5.56 Å². The number of esters is 1. The van der Waals surface area contributed by atoms with Gasteiger partial charge in [0.05, 0.1) is 11.8 Å². The molecule has 9 heteroatoms. The topological polar surface area (TPSA) is 105 Å². The SMILES string of the molecule is O=C(Oc1ccccc1C=NNC(=O)[C@H]1COc2ccccc2O1)c1ccc2c(c1)OCO2. The molecule has 33 heavy (non-hydrogen) atoms. The average molecular weight is 446 g/mol. The maximum atomic E-state index is 12.6. The number of benzene rings is 3. The number of amides is 1. The highest BCUT2D eigenvalue weighted by Gasteiger charge is 2.27. The van der Waals surface area contributed by atoms with E-state index < -0.39 is 18.0 Å². The summed E-state index contributed by atoms with van der Waals surface area (Å²) < 4.78 is 27.3. The van der Waals surface area contributed by atoms with E-state index in [4.69, 9.17) is 23.7 Å². The molecule has 0 radical (unpaired) electrons. The Labute approximate surface area is 188 Å². The van der Waals surface area contributed by atoms with Crippen LogP contribution in [-0.2, 0) is 4.79 Å². The standard InChI is InChI=1S/C24H18N2O7/c27-23(22-13-29-18-7-3-4-8-20(18)32-22)26-25-12-16-5-1-2-6-17(16)33-24(28)15-9-10-19-21(11-15)31-14-30-19/h1-12,22H,13-14H2,(H,26,27)/t22-/m1/s1. The zero-order chi connectivity index (χ0) is 22.6. The Balaban J connectivity index is 1.23. The monoisotopic (exact) mass is 446 g/mol. The van der Waals surface area contributed by atoms with E-state index in [1.165, 1.54) is 6.21 Å². The molecule has 2 heterocycles. The van der Waals surface area contributed by atoms with E-state index in [-0.39, 0.29) is 19.1 Å². The zero-order valence-corrected chi connectivity index (χ0v) is 17.2. The van der Waals surface area contributed by atoms with E-state index >= 15 is 0 Å². The van der Waals surface area contributed by atoms with Gasteiger partial charge in [-0.2, -0.15) is 5.10 Å². The lowest BCUT2D eigenvalue weighted by Gasteiger charge is -2.24. The van der Waals surface area contributed by atoms with Crippen LogP contribution in [0.3, 0.4) is 0 Å². The summed E-state index contributed by atoms with van der Waals surface area (Å²) >= 11 is 0. The van der Waals surface area contributed by atoms with Gasteiger partial charge in [-0.25, -0.2) is 10.2 Å². The quantitative estimate of drug-likeness (QED) is 0.278.